The molecule has 1 fully saturated rings. The molecule has 0 aliphatic carbocycles. The number of nitrogens with zero attached hydrogens (tertiary/aromatic N) is 4. The van der Waals surface area contributed by atoms with Crippen molar-refractivity contribution in [3.8, 4) is 11.3 Å². The molecule has 6 heteroatoms. The molecule has 2 aromatic heterocycles. The van der Waals surface area contributed by atoms with E-state index in [1.807, 2.05) is 36.4 Å². The van der Waals surface area contributed by atoms with Crippen LogP contribution in [0.25, 0.3) is 11.3 Å². The molecular formula is C21H21N5O. The smallest absolute Gasteiger partial charge is 0.255 e. The Labute approximate surface area is 158 Å². The van der Waals surface area contributed by atoms with Crippen molar-refractivity contribution in [2.45, 2.75) is 19.3 Å². The standard InChI is InChI=1S/C21H21N5O/c27-21(17-10-12-22-13-11-17)23-18-6-4-16(5-7-18)19-8-9-20(25-24-19)26-14-2-1-3-15-26/h4-13H,1-3,14-15H2,(H,23,27). The third-order valence-electron chi connectivity index (χ3n) is 4.71. The molecule has 27 heavy (non-hydrogen) atoms. The maximum Gasteiger partial charge on any atom is 0.255 e. The van der Waals surface area contributed by atoms with E-state index in [4.69, 9.17) is 0 Å². The van der Waals surface area contributed by atoms with Gasteiger partial charge in [0, 0.05) is 42.3 Å². The van der Waals surface area contributed by atoms with E-state index in [1.165, 1.54) is 19.3 Å². The average molecular weight is 359 g/mol. The number of nitrogens with one attached hydrogen (secondary N) is 1. The van der Waals surface area contributed by atoms with Crippen LogP contribution in [0.4, 0.5) is 11.5 Å². The van der Waals surface area contributed by atoms with Crippen LogP contribution in [0.2, 0.25) is 0 Å². The third-order valence-corrected chi connectivity index (χ3v) is 4.71. The lowest BCUT2D eigenvalue weighted by Gasteiger charge is -2.27. The average Bonchev–Trinajstić information content (AvgIpc) is 2.76. The number of anilines is 2. The number of benzene rings is 1. The van der Waals surface area contributed by atoms with E-state index in [9.17, 15) is 4.79 Å². The van der Waals surface area contributed by atoms with Gasteiger partial charge in [-0.25, -0.2) is 0 Å². The van der Waals surface area contributed by atoms with Gasteiger partial charge in [-0.2, -0.15) is 0 Å². The summed E-state index contributed by atoms with van der Waals surface area (Å²) in [6, 6.07) is 15.0. The highest BCUT2D eigenvalue weighted by Gasteiger charge is 2.13. The molecule has 1 aliphatic rings. The first-order chi connectivity index (χ1) is 13.3. The first kappa shape index (κ1) is 17.1. The quantitative estimate of drug-likeness (QED) is 0.767. The maximum atomic E-state index is 12.2. The molecule has 0 unspecified atom stereocenters. The molecule has 4 rings (SSSR count). The lowest BCUT2D eigenvalue weighted by Crippen LogP contribution is -2.30. The van der Waals surface area contributed by atoms with Crippen LogP contribution in [-0.4, -0.2) is 34.2 Å². The van der Waals surface area contributed by atoms with Gasteiger partial charge in [0.25, 0.3) is 5.91 Å². The van der Waals surface area contributed by atoms with Gasteiger partial charge in [-0.15, -0.1) is 10.2 Å². The normalized spacial score (nSPS) is 14.0. The second-order valence-corrected chi connectivity index (χ2v) is 6.59. The molecule has 3 aromatic rings. The monoisotopic (exact) mass is 359 g/mol. The maximum absolute atomic E-state index is 12.2. The number of carbonyl (C=O) groups is 1. The number of hydrogen-bond acceptors (Lipinski definition) is 5. The minimum absolute atomic E-state index is 0.157. The molecule has 1 saturated heterocycles. The fourth-order valence-corrected chi connectivity index (χ4v) is 3.20. The summed E-state index contributed by atoms with van der Waals surface area (Å²) in [6.07, 6.45) is 6.94. The second-order valence-electron chi connectivity index (χ2n) is 6.59. The molecule has 0 atom stereocenters. The van der Waals surface area contributed by atoms with Crippen molar-refractivity contribution in [2.24, 2.45) is 0 Å². The lowest BCUT2D eigenvalue weighted by molar-refractivity contribution is 0.102. The summed E-state index contributed by atoms with van der Waals surface area (Å²) in [5.74, 6) is 0.788. The van der Waals surface area contributed by atoms with Gasteiger partial charge in [0.1, 0.15) is 0 Å². The van der Waals surface area contributed by atoms with Crippen molar-refractivity contribution in [3.63, 3.8) is 0 Å². The van der Waals surface area contributed by atoms with Crippen LogP contribution in [0.15, 0.2) is 60.9 Å². The zero-order valence-corrected chi connectivity index (χ0v) is 15.0. The van der Waals surface area contributed by atoms with Crippen molar-refractivity contribution in [2.75, 3.05) is 23.3 Å². The number of carbonyl (C=O) groups excluding carboxylic acids is 1. The number of aromatic nitrogens is 3. The Hall–Kier alpha value is -3.28. The number of hydrogen-bond donors (Lipinski definition) is 1. The Balaban J connectivity index is 1.43. The van der Waals surface area contributed by atoms with E-state index in [2.05, 4.69) is 25.4 Å². The lowest BCUT2D eigenvalue weighted by atomic mass is 10.1. The van der Waals surface area contributed by atoms with Crippen LogP contribution < -0.4 is 10.2 Å². The first-order valence-corrected chi connectivity index (χ1v) is 9.20. The molecular weight excluding hydrogens is 338 g/mol. The molecule has 3 heterocycles. The predicted molar refractivity (Wildman–Crippen MR) is 106 cm³/mol. The highest BCUT2D eigenvalue weighted by Crippen LogP contribution is 2.22. The van der Waals surface area contributed by atoms with Gasteiger partial charge in [-0.05, 0) is 55.7 Å². The van der Waals surface area contributed by atoms with Crippen LogP contribution in [-0.2, 0) is 0 Å². The Bertz CT molecular complexity index is 888. The Morgan fingerprint density at radius 3 is 2.26 bits per heavy atom. The van der Waals surface area contributed by atoms with E-state index in [0.717, 1.165) is 35.9 Å². The van der Waals surface area contributed by atoms with E-state index in [0.29, 0.717) is 5.56 Å². The zero-order chi connectivity index (χ0) is 18.5. The Morgan fingerprint density at radius 1 is 0.852 bits per heavy atom. The van der Waals surface area contributed by atoms with Crippen molar-refractivity contribution >= 4 is 17.4 Å². The minimum atomic E-state index is -0.157. The van der Waals surface area contributed by atoms with Crippen LogP contribution >= 0.6 is 0 Å². The fraction of sp³-hybridized carbons (Fsp3) is 0.238. The Kier molecular flexibility index (Phi) is 5.05. The van der Waals surface area contributed by atoms with Gasteiger partial charge in [0.15, 0.2) is 5.82 Å². The third kappa shape index (κ3) is 4.11. The van der Waals surface area contributed by atoms with E-state index < -0.39 is 0 Å². The van der Waals surface area contributed by atoms with Crippen LogP contribution in [0.1, 0.15) is 29.6 Å². The van der Waals surface area contributed by atoms with Crippen molar-refractivity contribution in [1.82, 2.24) is 15.2 Å². The highest BCUT2D eigenvalue weighted by molar-refractivity contribution is 6.04. The summed E-state index contributed by atoms with van der Waals surface area (Å²) in [5, 5.41) is 11.6. The Morgan fingerprint density at radius 2 is 1.59 bits per heavy atom. The second kappa shape index (κ2) is 7.95. The van der Waals surface area contributed by atoms with Crippen molar-refractivity contribution < 1.29 is 4.79 Å². The van der Waals surface area contributed by atoms with Crippen molar-refractivity contribution in [1.29, 1.82) is 0 Å². The van der Waals surface area contributed by atoms with Gasteiger partial charge in [-0.1, -0.05) is 12.1 Å². The molecule has 1 aliphatic heterocycles. The summed E-state index contributed by atoms with van der Waals surface area (Å²) >= 11 is 0. The molecule has 136 valence electrons. The number of rotatable bonds is 4. The van der Waals surface area contributed by atoms with Crippen molar-refractivity contribution in [3.05, 3.63) is 66.5 Å². The van der Waals surface area contributed by atoms with E-state index in [-0.39, 0.29) is 5.91 Å². The topological polar surface area (TPSA) is 71.0 Å². The molecule has 0 spiro atoms. The molecule has 0 saturated carbocycles. The molecule has 6 nitrogen and oxygen atoms in total. The van der Waals surface area contributed by atoms with Crippen LogP contribution in [0.3, 0.4) is 0 Å². The van der Waals surface area contributed by atoms with Gasteiger partial charge < -0.3 is 10.2 Å². The number of amides is 1. The predicted octanol–water partition coefficient (Wildman–Crippen LogP) is 3.78. The van der Waals surface area contributed by atoms with Gasteiger partial charge in [0.05, 0.1) is 5.69 Å². The first-order valence-electron chi connectivity index (χ1n) is 9.20. The highest BCUT2D eigenvalue weighted by atomic mass is 16.1. The molecule has 0 radical (unpaired) electrons. The molecule has 1 N–H and O–H groups in total. The van der Waals surface area contributed by atoms with Gasteiger partial charge in [0.2, 0.25) is 0 Å². The van der Waals surface area contributed by atoms with Gasteiger partial charge in [-0.3, -0.25) is 9.78 Å². The summed E-state index contributed by atoms with van der Waals surface area (Å²) in [5.41, 5.74) is 3.10. The van der Waals surface area contributed by atoms with Gasteiger partial charge >= 0.3 is 0 Å². The molecule has 1 amide bonds. The fourth-order valence-electron chi connectivity index (χ4n) is 3.20. The summed E-state index contributed by atoms with van der Waals surface area (Å²) < 4.78 is 0. The van der Waals surface area contributed by atoms with Crippen LogP contribution in [0.5, 0.6) is 0 Å². The summed E-state index contributed by atoms with van der Waals surface area (Å²) in [6.45, 7) is 2.11. The largest absolute Gasteiger partial charge is 0.355 e. The minimum Gasteiger partial charge on any atom is -0.355 e. The summed E-state index contributed by atoms with van der Waals surface area (Å²) in [4.78, 5) is 18.4. The number of piperidine rings is 1. The summed E-state index contributed by atoms with van der Waals surface area (Å²) in [7, 11) is 0. The molecule has 1 aromatic carbocycles. The van der Waals surface area contributed by atoms with E-state index >= 15 is 0 Å². The number of pyridine rings is 1. The van der Waals surface area contributed by atoms with E-state index in [1.54, 1.807) is 24.5 Å². The zero-order valence-electron chi connectivity index (χ0n) is 15.0. The van der Waals surface area contributed by atoms with Crippen LogP contribution in [0, 0.1) is 0 Å². The SMILES string of the molecule is O=C(Nc1ccc(-c2ccc(N3CCCCC3)nn2)cc1)c1ccncc1. The molecule has 0 bridgehead atoms.